The number of aliphatic carboxylic acids is 1. The lowest BCUT2D eigenvalue weighted by atomic mass is 10.2. The van der Waals surface area contributed by atoms with Crippen LogP contribution >= 0.6 is 0 Å². The number of carboxylic acids is 1. The minimum Gasteiger partial charge on any atom is -0.480 e. The summed E-state index contributed by atoms with van der Waals surface area (Å²) in [5.41, 5.74) is 0.512. The summed E-state index contributed by atoms with van der Waals surface area (Å²) in [6, 6.07) is 2.67. The first-order valence-electron chi connectivity index (χ1n) is 5.25. The number of carbonyl (C=O) groups is 1. The SMILES string of the molecule is CCCC(Nc1ccc2nnnn2n1)C(=O)O. The molecule has 1 atom stereocenters. The second-order valence-corrected chi connectivity index (χ2v) is 3.57. The van der Waals surface area contributed by atoms with E-state index < -0.39 is 12.0 Å². The van der Waals surface area contributed by atoms with E-state index in [0.717, 1.165) is 6.42 Å². The topological polar surface area (TPSA) is 105 Å². The van der Waals surface area contributed by atoms with Gasteiger partial charge in [-0.1, -0.05) is 13.3 Å². The highest BCUT2D eigenvalue weighted by atomic mass is 16.4. The Hall–Kier alpha value is -2.25. The highest BCUT2D eigenvalue weighted by molar-refractivity contribution is 5.76. The van der Waals surface area contributed by atoms with E-state index in [9.17, 15) is 4.79 Å². The Labute approximate surface area is 96.6 Å². The van der Waals surface area contributed by atoms with Crippen molar-refractivity contribution in [1.29, 1.82) is 0 Å². The first-order valence-corrected chi connectivity index (χ1v) is 5.25. The second kappa shape index (κ2) is 4.73. The summed E-state index contributed by atoms with van der Waals surface area (Å²) in [6.45, 7) is 1.93. The summed E-state index contributed by atoms with van der Waals surface area (Å²) in [6.07, 6.45) is 1.31. The highest BCUT2D eigenvalue weighted by Crippen LogP contribution is 2.08. The third-order valence-electron chi connectivity index (χ3n) is 2.27. The van der Waals surface area contributed by atoms with Crippen molar-refractivity contribution in [2.45, 2.75) is 25.8 Å². The number of tetrazole rings is 1. The van der Waals surface area contributed by atoms with E-state index in [-0.39, 0.29) is 0 Å². The second-order valence-electron chi connectivity index (χ2n) is 3.57. The minimum absolute atomic E-state index is 0.436. The largest absolute Gasteiger partial charge is 0.480 e. The minimum atomic E-state index is -0.898. The third kappa shape index (κ3) is 2.47. The molecule has 2 N–H and O–H groups in total. The van der Waals surface area contributed by atoms with Crippen LogP contribution in [0.25, 0.3) is 5.65 Å². The van der Waals surface area contributed by atoms with Crippen LogP contribution in [0.1, 0.15) is 19.8 Å². The van der Waals surface area contributed by atoms with E-state index >= 15 is 0 Å². The lowest BCUT2D eigenvalue weighted by molar-refractivity contribution is -0.138. The fourth-order valence-corrected chi connectivity index (χ4v) is 1.45. The van der Waals surface area contributed by atoms with Crippen LogP contribution in [-0.4, -0.2) is 42.4 Å². The van der Waals surface area contributed by atoms with Gasteiger partial charge in [0, 0.05) is 0 Å². The van der Waals surface area contributed by atoms with Crippen molar-refractivity contribution in [3.63, 3.8) is 0 Å². The zero-order chi connectivity index (χ0) is 12.3. The van der Waals surface area contributed by atoms with Gasteiger partial charge >= 0.3 is 5.97 Å². The van der Waals surface area contributed by atoms with Crippen LogP contribution in [0.3, 0.4) is 0 Å². The van der Waals surface area contributed by atoms with E-state index in [1.165, 1.54) is 4.63 Å². The lowest BCUT2D eigenvalue weighted by Crippen LogP contribution is -2.29. The van der Waals surface area contributed by atoms with Crippen LogP contribution < -0.4 is 5.32 Å². The van der Waals surface area contributed by atoms with E-state index in [1.807, 2.05) is 6.92 Å². The predicted molar refractivity (Wildman–Crippen MR) is 58.5 cm³/mol. The molecule has 2 aromatic rings. The lowest BCUT2D eigenvalue weighted by Gasteiger charge is -2.13. The average Bonchev–Trinajstić information content (AvgIpc) is 2.75. The smallest absolute Gasteiger partial charge is 0.326 e. The Balaban J connectivity index is 2.18. The highest BCUT2D eigenvalue weighted by Gasteiger charge is 2.16. The number of carboxylic acid groups (broad SMARTS) is 1. The number of hydrogen-bond donors (Lipinski definition) is 2. The van der Waals surface area contributed by atoms with Crippen molar-refractivity contribution in [2.75, 3.05) is 5.32 Å². The van der Waals surface area contributed by atoms with Gasteiger partial charge in [-0.3, -0.25) is 0 Å². The fraction of sp³-hybridized carbons (Fsp3) is 0.444. The molecule has 0 spiro atoms. The molecule has 8 nitrogen and oxygen atoms in total. The van der Waals surface area contributed by atoms with Crippen LogP contribution in [0.4, 0.5) is 5.82 Å². The molecule has 0 saturated carbocycles. The van der Waals surface area contributed by atoms with Gasteiger partial charge in [-0.25, -0.2) is 4.79 Å². The van der Waals surface area contributed by atoms with Gasteiger partial charge in [-0.05, 0) is 29.0 Å². The van der Waals surface area contributed by atoms with Crippen molar-refractivity contribution in [3.05, 3.63) is 12.1 Å². The van der Waals surface area contributed by atoms with Gasteiger partial charge in [0.25, 0.3) is 0 Å². The van der Waals surface area contributed by atoms with Gasteiger partial charge in [-0.15, -0.1) is 14.8 Å². The Morgan fingerprint density at radius 2 is 2.41 bits per heavy atom. The molecule has 0 saturated heterocycles. The molecule has 0 aliphatic rings. The molecule has 0 amide bonds. The summed E-state index contributed by atoms with van der Waals surface area (Å²) in [7, 11) is 0. The van der Waals surface area contributed by atoms with Crippen molar-refractivity contribution in [3.8, 4) is 0 Å². The van der Waals surface area contributed by atoms with Gasteiger partial charge in [0.2, 0.25) is 0 Å². The molecule has 0 aliphatic carbocycles. The van der Waals surface area contributed by atoms with Gasteiger partial charge in [0.1, 0.15) is 11.9 Å². The number of hydrogen-bond acceptors (Lipinski definition) is 6. The molecule has 1 unspecified atom stereocenters. The van der Waals surface area contributed by atoms with Crippen LogP contribution in [0.15, 0.2) is 12.1 Å². The number of anilines is 1. The molecule has 0 fully saturated rings. The fourth-order valence-electron chi connectivity index (χ4n) is 1.45. The number of fused-ring (bicyclic) bond motifs is 1. The van der Waals surface area contributed by atoms with E-state index in [2.05, 4.69) is 25.9 Å². The molecular weight excluding hydrogens is 224 g/mol. The van der Waals surface area contributed by atoms with Crippen molar-refractivity contribution >= 4 is 17.4 Å². The predicted octanol–water partition coefficient (Wildman–Crippen LogP) is 0.184. The number of nitrogens with one attached hydrogen (secondary N) is 1. The number of aromatic nitrogens is 5. The van der Waals surface area contributed by atoms with E-state index in [0.29, 0.717) is 17.9 Å². The van der Waals surface area contributed by atoms with Crippen LogP contribution in [0.2, 0.25) is 0 Å². The summed E-state index contributed by atoms with van der Waals surface area (Å²) < 4.78 is 1.24. The standard InChI is InChI=1S/C9H12N6O2/c1-2-3-6(9(16)17)10-7-4-5-8-11-13-14-15(8)12-7/h4-6H,2-3H2,1H3,(H,10,12)(H,16,17). The first-order chi connectivity index (χ1) is 8.20. The van der Waals surface area contributed by atoms with Crippen molar-refractivity contribution in [1.82, 2.24) is 25.3 Å². The maximum absolute atomic E-state index is 11.0. The monoisotopic (exact) mass is 236 g/mol. The van der Waals surface area contributed by atoms with Crippen molar-refractivity contribution < 1.29 is 9.90 Å². The molecule has 0 aromatic carbocycles. The molecule has 2 rings (SSSR count). The maximum Gasteiger partial charge on any atom is 0.326 e. The third-order valence-corrected chi connectivity index (χ3v) is 2.27. The van der Waals surface area contributed by atoms with Crippen LogP contribution in [-0.2, 0) is 4.79 Å². The molecule has 0 aliphatic heterocycles. The van der Waals surface area contributed by atoms with E-state index in [4.69, 9.17) is 5.11 Å². The van der Waals surface area contributed by atoms with Gasteiger partial charge in [0.15, 0.2) is 5.65 Å². The zero-order valence-electron chi connectivity index (χ0n) is 9.24. The molecular formula is C9H12N6O2. The summed E-state index contributed by atoms with van der Waals surface area (Å²) in [4.78, 5) is 11.0. The Kier molecular flexibility index (Phi) is 3.12. The molecule has 0 radical (unpaired) electrons. The summed E-state index contributed by atoms with van der Waals surface area (Å²) in [5.74, 6) is -0.462. The first kappa shape index (κ1) is 11.2. The summed E-state index contributed by atoms with van der Waals surface area (Å²) in [5, 5.41) is 26.7. The normalized spacial score (nSPS) is 12.5. The van der Waals surface area contributed by atoms with Crippen LogP contribution in [0, 0.1) is 0 Å². The zero-order valence-corrected chi connectivity index (χ0v) is 9.24. The molecule has 90 valence electrons. The van der Waals surface area contributed by atoms with Crippen molar-refractivity contribution in [2.24, 2.45) is 0 Å². The number of nitrogens with zero attached hydrogens (tertiary/aromatic N) is 5. The van der Waals surface area contributed by atoms with Gasteiger partial charge in [-0.2, -0.15) is 0 Å². The van der Waals surface area contributed by atoms with Gasteiger partial charge < -0.3 is 10.4 Å². The summed E-state index contributed by atoms with van der Waals surface area (Å²) >= 11 is 0. The quantitative estimate of drug-likeness (QED) is 0.762. The molecule has 17 heavy (non-hydrogen) atoms. The van der Waals surface area contributed by atoms with Crippen LogP contribution in [0.5, 0.6) is 0 Å². The van der Waals surface area contributed by atoms with E-state index in [1.54, 1.807) is 12.1 Å². The average molecular weight is 236 g/mol. The van der Waals surface area contributed by atoms with Gasteiger partial charge in [0.05, 0.1) is 0 Å². The number of rotatable bonds is 5. The molecule has 8 heteroatoms. The Morgan fingerprint density at radius 3 is 3.12 bits per heavy atom. The Bertz CT molecular complexity index is 525. The molecule has 2 aromatic heterocycles. The molecule has 2 heterocycles. The maximum atomic E-state index is 11.0. The Morgan fingerprint density at radius 1 is 1.59 bits per heavy atom. The molecule has 0 bridgehead atoms.